The second kappa shape index (κ2) is 9.07. The number of esters is 1. The fourth-order valence-electron chi connectivity index (χ4n) is 2.94. The Morgan fingerprint density at radius 2 is 1.88 bits per heavy atom. The van der Waals surface area contributed by atoms with E-state index in [4.69, 9.17) is 9.84 Å². The van der Waals surface area contributed by atoms with Gasteiger partial charge < -0.3 is 14.6 Å². The van der Waals surface area contributed by atoms with E-state index in [1.54, 1.807) is 0 Å². The third kappa shape index (κ3) is 6.71. The number of hydrogen-bond acceptors (Lipinski definition) is 6. The van der Waals surface area contributed by atoms with Crippen LogP contribution in [0, 0.1) is 16.9 Å². The molecule has 1 fully saturated rings. The number of alkyl halides is 3. The first-order valence-corrected chi connectivity index (χ1v) is 8.20. The van der Waals surface area contributed by atoms with Gasteiger partial charge in [-0.3, -0.25) is 4.90 Å². The van der Waals surface area contributed by atoms with Gasteiger partial charge in [0.15, 0.2) is 6.19 Å². The van der Waals surface area contributed by atoms with Gasteiger partial charge in [-0.25, -0.2) is 9.59 Å². The second-order valence-corrected chi connectivity index (χ2v) is 6.96. The standard InChI is InChI=1S/C16H23F3N2O5/c1-15(2,5-6-25-7-8-26-14(24)16(17,18)19)9-11-3-4-12(13(22)23)21(11)10-20/h11-12H,3-9H2,1-2H3,(H,22,23). The lowest BCUT2D eigenvalue weighted by Crippen LogP contribution is -2.39. The van der Waals surface area contributed by atoms with Crippen molar-refractivity contribution in [2.75, 3.05) is 19.8 Å². The number of halogens is 3. The molecule has 1 aliphatic heterocycles. The van der Waals surface area contributed by atoms with Crippen molar-refractivity contribution in [3.8, 4) is 6.19 Å². The molecule has 1 saturated heterocycles. The van der Waals surface area contributed by atoms with E-state index in [-0.39, 0.29) is 24.7 Å². The van der Waals surface area contributed by atoms with E-state index in [0.29, 0.717) is 25.7 Å². The first kappa shape index (κ1) is 22.0. The maximum atomic E-state index is 11.9. The van der Waals surface area contributed by atoms with Crippen LogP contribution in [0.4, 0.5) is 13.2 Å². The molecule has 1 N–H and O–H groups in total. The molecule has 26 heavy (non-hydrogen) atoms. The smallest absolute Gasteiger partial charge is 0.480 e. The Balaban J connectivity index is 2.31. The van der Waals surface area contributed by atoms with Crippen molar-refractivity contribution in [3.63, 3.8) is 0 Å². The number of nitriles is 1. The number of aliphatic carboxylic acids is 1. The van der Waals surface area contributed by atoms with Gasteiger partial charge in [-0.1, -0.05) is 13.8 Å². The quantitative estimate of drug-likeness (QED) is 0.372. The average molecular weight is 380 g/mol. The van der Waals surface area contributed by atoms with Gasteiger partial charge in [0.1, 0.15) is 12.6 Å². The molecular weight excluding hydrogens is 357 g/mol. The highest BCUT2D eigenvalue weighted by Gasteiger charge is 2.41. The molecule has 10 heteroatoms. The summed E-state index contributed by atoms with van der Waals surface area (Å²) >= 11 is 0. The molecule has 0 aliphatic carbocycles. The number of hydrogen-bond donors (Lipinski definition) is 1. The van der Waals surface area contributed by atoms with Crippen LogP contribution in [0.5, 0.6) is 0 Å². The van der Waals surface area contributed by atoms with E-state index >= 15 is 0 Å². The summed E-state index contributed by atoms with van der Waals surface area (Å²) in [5.41, 5.74) is -0.254. The molecule has 2 unspecified atom stereocenters. The molecule has 148 valence electrons. The van der Waals surface area contributed by atoms with Crippen LogP contribution in [0.2, 0.25) is 0 Å². The van der Waals surface area contributed by atoms with Crippen molar-refractivity contribution in [1.29, 1.82) is 5.26 Å². The first-order valence-electron chi connectivity index (χ1n) is 8.20. The number of carboxylic acid groups (broad SMARTS) is 1. The number of carboxylic acids is 1. The zero-order valence-corrected chi connectivity index (χ0v) is 14.7. The van der Waals surface area contributed by atoms with Crippen molar-refractivity contribution in [2.24, 2.45) is 5.41 Å². The molecule has 0 bridgehead atoms. The summed E-state index contributed by atoms with van der Waals surface area (Å²) in [6.45, 7) is 3.52. The van der Waals surface area contributed by atoms with Gasteiger partial charge in [-0.05, 0) is 31.1 Å². The van der Waals surface area contributed by atoms with Gasteiger partial charge in [-0.2, -0.15) is 18.4 Å². The van der Waals surface area contributed by atoms with E-state index in [9.17, 15) is 28.0 Å². The lowest BCUT2D eigenvalue weighted by molar-refractivity contribution is -0.200. The number of carbonyl (C=O) groups excluding carboxylic acids is 1. The molecule has 1 heterocycles. The van der Waals surface area contributed by atoms with Crippen molar-refractivity contribution in [3.05, 3.63) is 0 Å². The van der Waals surface area contributed by atoms with Gasteiger partial charge in [0, 0.05) is 12.6 Å². The highest BCUT2D eigenvalue weighted by atomic mass is 19.4. The van der Waals surface area contributed by atoms with E-state index < -0.39 is 30.8 Å². The summed E-state index contributed by atoms with van der Waals surface area (Å²) in [6.07, 6.45) is -0.863. The summed E-state index contributed by atoms with van der Waals surface area (Å²) in [5.74, 6) is -3.25. The molecular formula is C16H23F3N2O5. The number of rotatable bonds is 9. The van der Waals surface area contributed by atoms with Gasteiger partial charge in [0.25, 0.3) is 0 Å². The van der Waals surface area contributed by atoms with Crippen LogP contribution >= 0.6 is 0 Å². The topological polar surface area (TPSA) is 99.9 Å². The Bertz CT molecular complexity index is 545. The summed E-state index contributed by atoms with van der Waals surface area (Å²) in [6, 6.07) is -0.954. The Morgan fingerprint density at radius 1 is 1.23 bits per heavy atom. The minimum atomic E-state index is -5.01. The lowest BCUT2D eigenvalue weighted by atomic mass is 9.82. The SMILES string of the molecule is CC(C)(CCOCCOC(=O)C(F)(F)F)CC1CCC(C(=O)O)N1C#N. The Kier molecular flexibility index (Phi) is 7.68. The average Bonchev–Trinajstić information content (AvgIpc) is 2.91. The van der Waals surface area contributed by atoms with Crippen molar-refractivity contribution in [2.45, 2.75) is 57.8 Å². The van der Waals surface area contributed by atoms with Gasteiger partial charge in [0.2, 0.25) is 0 Å². The van der Waals surface area contributed by atoms with Crippen molar-refractivity contribution < 1.29 is 37.3 Å². The lowest BCUT2D eigenvalue weighted by Gasteiger charge is -2.31. The van der Waals surface area contributed by atoms with Crippen LogP contribution in [0.15, 0.2) is 0 Å². The van der Waals surface area contributed by atoms with E-state index in [1.165, 1.54) is 4.90 Å². The fraction of sp³-hybridized carbons (Fsp3) is 0.812. The Morgan fingerprint density at radius 3 is 2.42 bits per heavy atom. The Hall–Kier alpha value is -2.02. The number of ether oxygens (including phenoxy) is 2. The van der Waals surface area contributed by atoms with E-state index in [1.807, 2.05) is 20.0 Å². The zero-order chi connectivity index (χ0) is 20.0. The second-order valence-electron chi connectivity index (χ2n) is 6.96. The minimum absolute atomic E-state index is 0.146. The van der Waals surface area contributed by atoms with Crippen molar-refractivity contribution in [1.82, 2.24) is 4.90 Å². The number of likely N-dealkylation sites (tertiary alicyclic amines) is 1. The third-order valence-electron chi connectivity index (χ3n) is 4.31. The van der Waals surface area contributed by atoms with E-state index in [2.05, 4.69) is 4.74 Å². The monoisotopic (exact) mass is 380 g/mol. The fourth-order valence-corrected chi connectivity index (χ4v) is 2.94. The summed E-state index contributed by atoms with van der Waals surface area (Å²) < 4.78 is 45.0. The highest BCUT2D eigenvalue weighted by Crippen LogP contribution is 2.35. The largest absolute Gasteiger partial charge is 0.490 e. The van der Waals surface area contributed by atoms with Crippen LogP contribution < -0.4 is 0 Å². The maximum absolute atomic E-state index is 11.9. The predicted octanol–water partition coefficient (Wildman–Crippen LogP) is 2.31. The minimum Gasteiger partial charge on any atom is -0.480 e. The molecule has 1 aliphatic rings. The maximum Gasteiger partial charge on any atom is 0.490 e. The molecule has 0 spiro atoms. The van der Waals surface area contributed by atoms with Crippen LogP contribution in [0.1, 0.15) is 39.5 Å². The molecule has 2 atom stereocenters. The van der Waals surface area contributed by atoms with Crippen LogP contribution in [-0.4, -0.2) is 60.0 Å². The molecule has 0 aromatic heterocycles. The summed E-state index contributed by atoms with van der Waals surface area (Å²) in [7, 11) is 0. The predicted molar refractivity (Wildman–Crippen MR) is 82.7 cm³/mol. The van der Waals surface area contributed by atoms with Crippen LogP contribution in [0.3, 0.4) is 0 Å². The summed E-state index contributed by atoms with van der Waals surface area (Å²) in [5, 5.41) is 18.3. The van der Waals surface area contributed by atoms with Gasteiger partial charge in [-0.15, -0.1) is 0 Å². The van der Waals surface area contributed by atoms with Gasteiger partial charge in [0.05, 0.1) is 6.61 Å². The molecule has 7 nitrogen and oxygen atoms in total. The van der Waals surface area contributed by atoms with Crippen molar-refractivity contribution >= 4 is 11.9 Å². The molecule has 0 radical (unpaired) electrons. The summed E-state index contributed by atoms with van der Waals surface area (Å²) in [4.78, 5) is 23.0. The molecule has 0 aromatic rings. The zero-order valence-electron chi connectivity index (χ0n) is 14.7. The molecule has 1 rings (SSSR count). The molecule has 0 amide bonds. The van der Waals surface area contributed by atoms with Crippen LogP contribution in [-0.2, 0) is 19.1 Å². The normalized spacial score (nSPS) is 20.7. The first-order chi connectivity index (χ1) is 12.0. The number of nitrogens with zero attached hydrogens (tertiary/aromatic N) is 2. The van der Waals surface area contributed by atoms with Crippen LogP contribution in [0.25, 0.3) is 0 Å². The molecule has 0 aromatic carbocycles. The third-order valence-corrected chi connectivity index (χ3v) is 4.31. The highest BCUT2D eigenvalue weighted by molar-refractivity contribution is 5.75. The Labute approximate surface area is 149 Å². The van der Waals surface area contributed by atoms with Gasteiger partial charge >= 0.3 is 18.1 Å². The number of carbonyl (C=O) groups is 2. The van der Waals surface area contributed by atoms with E-state index in [0.717, 1.165) is 0 Å². The molecule has 0 saturated carbocycles.